The minimum absolute atomic E-state index is 0.0660. The second kappa shape index (κ2) is 7.14. The van der Waals surface area contributed by atoms with E-state index in [9.17, 15) is 18.0 Å². The van der Waals surface area contributed by atoms with Crippen molar-refractivity contribution in [2.24, 2.45) is 5.92 Å². The van der Waals surface area contributed by atoms with Crippen molar-refractivity contribution in [2.75, 3.05) is 18.0 Å². The summed E-state index contributed by atoms with van der Waals surface area (Å²) in [5.74, 6) is 0.113. The summed E-state index contributed by atoms with van der Waals surface area (Å²) < 4.78 is 45.3. The number of rotatable bonds is 2. The Morgan fingerprint density at radius 2 is 1.93 bits per heavy atom. The minimum atomic E-state index is -4.47. The Bertz CT molecular complexity index is 877. The smallest absolute Gasteiger partial charge is 0.418 e. The van der Waals surface area contributed by atoms with Crippen molar-refractivity contribution in [3.8, 4) is 0 Å². The van der Waals surface area contributed by atoms with E-state index in [4.69, 9.17) is 4.74 Å². The van der Waals surface area contributed by atoms with Gasteiger partial charge in [-0.15, -0.1) is 0 Å². The standard InChI is InChI=1S/C20H24F3N3O2/c1-12-10-26(11-15(12)25-18(27)28-19(2,3)4)16-8-7-14(20(21,22)23)17-13(16)6-5-9-24-17/h5-9,12,15H,10-11H2,1-4H3,(H,25,27)/t12-,15+/m1/s1. The van der Waals surface area contributed by atoms with Crippen LogP contribution in [0, 0.1) is 5.92 Å². The first-order valence-corrected chi connectivity index (χ1v) is 9.15. The first kappa shape index (κ1) is 20.2. The lowest BCUT2D eigenvalue weighted by atomic mass is 10.1. The summed E-state index contributed by atoms with van der Waals surface area (Å²) in [7, 11) is 0. The number of pyridine rings is 1. The second-order valence-corrected chi connectivity index (χ2v) is 8.16. The van der Waals surface area contributed by atoms with E-state index >= 15 is 0 Å². The first-order valence-electron chi connectivity index (χ1n) is 9.15. The van der Waals surface area contributed by atoms with E-state index in [1.165, 1.54) is 12.3 Å². The van der Waals surface area contributed by atoms with Crippen molar-refractivity contribution in [3.05, 3.63) is 36.0 Å². The lowest BCUT2D eigenvalue weighted by Gasteiger charge is -2.24. The maximum Gasteiger partial charge on any atom is 0.418 e. The summed E-state index contributed by atoms with van der Waals surface area (Å²) in [6.45, 7) is 8.45. The zero-order valence-electron chi connectivity index (χ0n) is 16.3. The summed E-state index contributed by atoms with van der Waals surface area (Å²) >= 11 is 0. The number of aromatic nitrogens is 1. The third kappa shape index (κ3) is 4.31. The van der Waals surface area contributed by atoms with Crippen LogP contribution in [0.25, 0.3) is 10.9 Å². The SMILES string of the molecule is C[C@@H]1CN(c2ccc(C(F)(F)F)c3ncccc23)C[C@@H]1NC(=O)OC(C)(C)C. The van der Waals surface area contributed by atoms with Gasteiger partial charge in [0.2, 0.25) is 0 Å². The fraction of sp³-hybridized carbons (Fsp3) is 0.500. The van der Waals surface area contributed by atoms with Gasteiger partial charge in [0.15, 0.2) is 0 Å². The number of alkyl halides is 3. The molecule has 5 nitrogen and oxygen atoms in total. The first-order chi connectivity index (χ1) is 13.0. The Morgan fingerprint density at radius 1 is 1.21 bits per heavy atom. The summed E-state index contributed by atoms with van der Waals surface area (Å²) in [4.78, 5) is 18.0. The molecule has 0 aliphatic carbocycles. The molecule has 1 fully saturated rings. The number of fused-ring (bicyclic) bond motifs is 1. The van der Waals surface area contributed by atoms with Crippen LogP contribution in [0.4, 0.5) is 23.7 Å². The van der Waals surface area contributed by atoms with Gasteiger partial charge in [0, 0.05) is 30.4 Å². The van der Waals surface area contributed by atoms with E-state index in [-0.39, 0.29) is 17.5 Å². The number of benzene rings is 1. The number of alkyl carbamates (subject to hydrolysis) is 1. The van der Waals surface area contributed by atoms with Crippen molar-refractivity contribution in [2.45, 2.75) is 45.5 Å². The zero-order valence-corrected chi connectivity index (χ0v) is 16.3. The van der Waals surface area contributed by atoms with Crippen molar-refractivity contribution in [1.82, 2.24) is 10.3 Å². The van der Waals surface area contributed by atoms with E-state index in [2.05, 4.69) is 10.3 Å². The third-order valence-electron chi connectivity index (χ3n) is 4.71. The van der Waals surface area contributed by atoms with Gasteiger partial charge in [-0.05, 0) is 51.0 Å². The molecular weight excluding hydrogens is 371 g/mol. The maximum absolute atomic E-state index is 13.3. The summed E-state index contributed by atoms with van der Waals surface area (Å²) in [6, 6.07) is 5.66. The highest BCUT2D eigenvalue weighted by molar-refractivity contribution is 5.94. The summed E-state index contributed by atoms with van der Waals surface area (Å²) in [5.41, 5.74) is -0.733. The molecule has 0 spiro atoms. The lowest BCUT2D eigenvalue weighted by molar-refractivity contribution is -0.136. The van der Waals surface area contributed by atoms with E-state index in [1.54, 1.807) is 32.9 Å². The van der Waals surface area contributed by atoms with Gasteiger partial charge >= 0.3 is 12.3 Å². The Morgan fingerprint density at radius 3 is 2.57 bits per heavy atom. The molecule has 2 aromatic rings. The number of anilines is 1. The van der Waals surface area contributed by atoms with E-state index in [0.29, 0.717) is 24.2 Å². The van der Waals surface area contributed by atoms with Crippen LogP contribution in [-0.2, 0) is 10.9 Å². The molecule has 1 saturated heterocycles. The number of halogens is 3. The molecule has 2 atom stereocenters. The molecule has 1 amide bonds. The predicted molar refractivity (Wildman–Crippen MR) is 101 cm³/mol. The van der Waals surface area contributed by atoms with Gasteiger partial charge in [0.05, 0.1) is 17.1 Å². The fourth-order valence-corrected chi connectivity index (χ4v) is 3.47. The topological polar surface area (TPSA) is 54.5 Å². The van der Waals surface area contributed by atoms with Gasteiger partial charge in [-0.3, -0.25) is 4.98 Å². The normalized spacial score (nSPS) is 20.5. The van der Waals surface area contributed by atoms with Crippen LogP contribution in [0.15, 0.2) is 30.5 Å². The van der Waals surface area contributed by atoms with Crippen molar-refractivity contribution in [3.63, 3.8) is 0 Å². The van der Waals surface area contributed by atoms with Crippen LogP contribution >= 0.6 is 0 Å². The molecule has 1 aliphatic heterocycles. The van der Waals surface area contributed by atoms with Gasteiger partial charge in [0.1, 0.15) is 5.60 Å². The third-order valence-corrected chi connectivity index (χ3v) is 4.71. The number of ether oxygens (including phenoxy) is 1. The number of carbonyl (C=O) groups is 1. The number of nitrogens with one attached hydrogen (secondary N) is 1. The lowest BCUT2D eigenvalue weighted by Crippen LogP contribution is -2.42. The van der Waals surface area contributed by atoms with Gasteiger partial charge < -0.3 is 15.0 Å². The van der Waals surface area contributed by atoms with Gasteiger partial charge in [-0.1, -0.05) is 6.92 Å². The van der Waals surface area contributed by atoms with Gasteiger partial charge in [0.25, 0.3) is 0 Å². The van der Waals surface area contributed by atoms with Gasteiger partial charge in [-0.2, -0.15) is 13.2 Å². The summed E-state index contributed by atoms with van der Waals surface area (Å²) in [6.07, 6.45) is -3.60. The monoisotopic (exact) mass is 395 g/mol. The fourth-order valence-electron chi connectivity index (χ4n) is 3.47. The Labute approximate surface area is 161 Å². The Balaban J connectivity index is 1.85. The maximum atomic E-state index is 13.3. The van der Waals surface area contributed by atoms with Crippen LogP contribution in [0.3, 0.4) is 0 Å². The number of nitrogens with zero attached hydrogens (tertiary/aromatic N) is 2. The molecular formula is C20H24F3N3O2. The molecule has 28 heavy (non-hydrogen) atoms. The molecule has 8 heteroatoms. The number of carbonyl (C=O) groups excluding carboxylic acids is 1. The van der Waals surface area contributed by atoms with Crippen LogP contribution in [0.5, 0.6) is 0 Å². The second-order valence-electron chi connectivity index (χ2n) is 8.16. The highest BCUT2D eigenvalue weighted by Crippen LogP contribution is 2.38. The van der Waals surface area contributed by atoms with Crippen molar-refractivity contribution < 1.29 is 22.7 Å². The molecule has 152 valence electrons. The molecule has 1 N–H and O–H groups in total. The number of amides is 1. The van der Waals surface area contributed by atoms with Crippen LogP contribution in [0.2, 0.25) is 0 Å². The van der Waals surface area contributed by atoms with E-state index < -0.39 is 23.4 Å². The largest absolute Gasteiger partial charge is 0.444 e. The van der Waals surface area contributed by atoms with Crippen molar-refractivity contribution in [1.29, 1.82) is 0 Å². The quantitative estimate of drug-likeness (QED) is 0.807. The average Bonchev–Trinajstić information content (AvgIpc) is 2.91. The Hall–Kier alpha value is -2.51. The molecule has 1 aliphatic rings. The van der Waals surface area contributed by atoms with Crippen LogP contribution in [-0.4, -0.2) is 35.8 Å². The van der Waals surface area contributed by atoms with Gasteiger partial charge in [-0.25, -0.2) is 4.79 Å². The minimum Gasteiger partial charge on any atom is -0.444 e. The summed E-state index contributed by atoms with van der Waals surface area (Å²) in [5, 5.41) is 3.32. The average molecular weight is 395 g/mol. The molecule has 1 aromatic heterocycles. The Kier molecular flexibility index (Phi) is 5.16. The molecule has 2 heterocycles. The molecule has 1 aromatic carbocycles. The molecule has 3 rings (SSSR count). The van der Waals surface area contributed by atoms with Crippen molar-refractivity contribution >= 4 is 22.7 Å². The highest BCUT2D eigenvalue weighted by atomic mass is 19.4. The van der Waals surface area contributed by atoms with Crippen LogP contribution < -0.4 is 10.2 Å². The molecule has 0 unspecified atom stereocenters. The molecule has 0 saturated carbocycles. The highest BCUT2D eigenvalue weighted by Gasteiger charge is 2.36. The molecule has 0 radical (unpaired) electrons. The predicted octanol–water partition coefficient (Wildman–Crippen LogP) is 4.60. The zero-order chi connectivity index (χ0) is 20.7. The van der Waals surface area contributed by atoms with E-state index in [1.807, 2.05) is 11.8 Å². The van der Waals surface area contributed by atoms with E-state index in [0.717, 1.165) is 6.07 Å². The molecule has 0 bridgehead atoms. The van der Waals surface area contributed by atoms with Crippen LogP contribution in [0.1, 0.15) is 33.3 Å². The number of hydrogen-bond acceptors (Lipinski definition) is 4. The number of hydrogen-bond donors (Lipinski definition) is 1.